The van der Waals surface area contributed by atoms with Crippen molar-refractivity contribution in [1.82, 2.24) is 4.57 Å². The minimum absolute atomic E-state index is 0.0131. The summed E-state index contributed by atoms with van der Waals surface area (Å²) in [6, 6.07) is 12.2. The molecule has 2 rings (SSSR count). The third kappa shape index (κ3) is 3.57. The third-order valence-electron chi connectivity index (χ3n) is 3.60. The number of nitrogens with zero attached hydrogens (tertiary/aromatic N) is 1. The molecule has 3 nitrogen and oxygen atoms in total. The molecule has 0 saturated carbocycles. The summed E-state index contributed by atoms with van der Waals surface area (Å²) in [5.41, 5.74) is 3.98. The van der Waals surface area contributed by atoms with Gasteiger partial charge >= 0.3 is 0 Å². The normalized spacial score (nSPS) is 10.8. The highest BCUT2D eigenvalue weighted by Crippen LogP contribution is 2.20. The molecule has 0 N–H and O–H groups in total. The van der Waals surface area contributed by atoms with Gasteiger partial charge in [-0.1, -0.05) is 37.3 Å². The fourth-order valence-corrected chi connectivity index (χ4v) is 2.55. The number of rotatable bonds is 6. The SMILES string of the molecule is CCc1ccc(-c2ccc(CS)c(=O)n2CCOC)cc1. The molecule has 0 amide bonds. The molecule has 112 valence electrons. The summed E-state index contributed by atoms with van der Waals surface area (Å²) in [4.78, 5) is 12.5. The van der Waals surface area contributed by atoms with E-state index in [4.69, 9.17) is 4.74 Å². The largest absolute Gasteiger partial charge is 0.383 e. The summed E-state index contributed by atoms with van der Waals surface area (Å²) >= 11 is 4.22. The first kappa shape index (κ1) is 15.9. The number of aryl methyl sites for hydroxylation is 1. The zero-order valence-electron chi connectivity index (χ0n) is 12.5. The van der Waals surface area contributed by atoms with Crippen molar-refractivity contribution >= 4 is 12.6 Å². The van der Waals surface area contributed by atoms with Crippen LogP contribution in [0.25, 0.3) is 11.3 Å². The van der Waals surface area contributed by atoms with Gasteiger partial charge in [0, 0.05) is 25.0 Å². The summed E-state index contributed by atoms with van der Waals surface area (Å²) in [6.07, 6.45) is 1.01. The zero-order chi connectivity index (χ0) is 15.2. The van der Waals surface area contributed by atoms with E-state index in [1.807, 2.05) is 12.1 Å². The highest BCUT2D eigenvalue weighted by atomic mass is 32.1. The summed E-state index contributed by atoms with van der Waals surface area (Å²) in [5, 5.41) is 0. The Morgan fingerprint density at radius 3 is 2.43 bits per heavy atom. The lowest BCUT2D eigenvalue weighted by molar-refractivity contribution is 0.186. The number of hydrogen-bond donors (Lipinski definition) is 1. The van der Waals surface area contributed by atoms with E-state index in [-0.39, 0.29) is 5.56 Å². The molecule has 2 aromatic rings. The third-order valence-corrected chi connectivity index (χ3v) is 3.94. The number of ether oxygens (including phenoxy) is 1. The standard InChI is InChI=1S/C17H21NO2S/c1-3-13-4-6-14(7-5-13)16-9-8-15(12-21)17(19)18(16)10-11-20-2/h4-9,21H,3,10-12H2,1-2H3. The van der Waals surface area contributed by atoms with Crippen molar-refractivity contribution in [2.75, 3.05) is 13.7 Å². The van der Waals surface area contributed by atoms with Crippen LogP contribution in [0.4, 0.5) is 0 Å². The molecule has 0 aliphatic carbocycles. The number of methoxy groups -OCH3 is 1. The quantitative estimate of drug-likeness (QED) is 0.831. The van der Waals surface area contributed by atoms with Gasteiger partial charge in [0.05, 0.1) is 12.3 Å². The molecule has 0 fully saturated rings. The Morgan fingerprint density at radius 2 is 1.86 bits per heavy atom. The average Bonchev–Trinajstić information content (AvgIpc) is 2.53. The van der Waals surface area contributed by atoms with E-state index in [1.165, 1.54) is 5.56 Å². The van der Waals surface area contributed by atoms with Gasteiger partial charge in [0.1, 0.15) is 0 Å². The molecule has 1 aromatic heterocycles. The van der Waals surface area contributed by atoms with Gasteiger partial charge in [0.15, 0.2) is 0 Å². The van der Waals surface area contributed by atoms with Crippen molar-refractivity contribution in [1.29, 1.82) is 0 Å². The Bertz CT molecular complexity index is 647. The van der Waals surface area contributed by atoms with Crippen molar-refractivity contribution in [3.05, 3.63) is 57.9 Å². The Morgan fingerprint density at radius 1 is 1.14 bits per heavy atom. The summed E-state index contributed by atoms with van der Waals surface area (Å²) in [5.74, 6) is 0.445. The minimum atomic E-state index is 0.0131. The van der Waals surface area contributed by atoms with Gasteiger partial charge in [0.2, 0.25) is 0 Å². The van der Waals surface area contributed by atoms with Crippen LogP contribution in [0.3, 0.4) is 0 Å². The Kier molecular flexibility index (Phi) is 5.65. The van der Waals surface area contributed by atoms with Gasteiger partial charge in [-0.2, -0.15) is 12.6 Å². The van der Waals surface area contributed by atoms with Gasteiger partial charge in [0.25, 0.3) is 5.56 Å². The van der Waals surface area contributed by atoms with Gasteiger partial charge < -0.3 is 9.30 Å². The molecule has 21 heavy (non-hydrogen) atoms. The summed E-state index contributed by atoms with van der Waals surface area (Å²) in [6.45, 7) is 3.18. The molecule has 1 aromatic carbocycles. The molecule has 0 aliphatic heterocycles. The first-order chi connectivity index (χ1) is 10.2. The molecular weight excluding hydrogens is 282 g/mol. The van der Waals surface area contributed by atoms with Gasteiger partial charge in [-0.25, -0.2) is 0 Å². The van der Waals surface area contributed by atoms with Gasteiger partial charge in [-0.15, -0.1) is 0 Å². The molecule has 0 radical (unpaired) electrons. The minimum Gasteiger partial charge on any atom is -0.383 e. The van der Waals surface area contributed by atoms with Gasteiger partial charge in [-0.05, 0) is 23.6 Å². The van der Waals surface area contributed by atoms with Crippen LogP contribution in [0.1, 0.15) is 18.1 Å². The van der Waals surface area contributed by atoms with Gasteiger partial charge in [-0.3, -0.25) is 4.79 Å². The van der Waals surface area contributed by atoms with E-state index < -0.39 is 0 Å². The number of pyridine rings is 1. The molecule has 0 unspecified atom stereocenters. The average molecular weight is 303 g/mol. The fourth-order valence-electron chi connectivity index (χ4n) is 2.31. The lowest BCUT2D eigenvalue weighted by Crippen LogP contribution is -2.26. The van der Waals surface area contributed by atoms with Crippen LogP contribution in [0.2, 0.25) is 0 Å². The second-order valence-corrected chi connectivity index (χ2v) is 5.22. The van der Waals surface area contributed by atoms with E-state index in [2.05, 4.69) is 43.8 Å². The molecule has 0 atom stereocenters. The second kappa shape index (κ2) is 7.48. The van der Waals surface area contributed by atoms with E-state index in [1.54, 1.807) is 11.7 Å². The maximum Gasteiger partial charge on any atom is 0.255 e. The van der Waals surface area contributed by atoms with E-state index >= 15 is 0 Å². The first-order valence-corrected chi connectivity index (χ1v) is 7.76. The first-order valence-electron chi connectivity index (χ1n) is 7.13. The van der Waals surface area contributed by atoms with Crippen LogP contribution >= 0.6 is 12.6 Å². The zero-order valence-corrected chi connectivity index (χ0v) is 13.4. The molecular formula is C17H21NO2S. The van der Waals surface area contributed by atoms with Crippen molar-refractivity contribution in [2.45, 2.75) is 25.6 Å². The number of hydrogen-bond acceptors (Lipinski definition) is 3. The van der Waals surface area contributed by atoms with Crippen molar-refractivity contribution in [2.24, 2.45) is 0 Å². The molecule has 0 saturated heterocycles. The highest BCUT2D eigenvalue weighted by molar-refractivity contribution is 7.79. The maximum absolute atomic E-state index is 12.5. The second-order valence-electron chi connectivity index (χ2n) is 4.90. The van der Waals surface area contributed by atoms with Crippen LogP contribution in [0.15, 0.2) is 41.2 Å². The van der Waals surface area contributed by atoms with Crippen molar-refractivity contribution in [3.8, 4) is 11.3 Å². The predicted molar refractivity (Wildman–Crippen MR) is 90.1 cm³/mol. The number of aromatic nitrogens is 1. The molecule has 0 spiro atoms. The van der Waals surface area contributed by atoms with Crippen molar-refractivity contribution in [3.63, 3.8) is 0 Å². The summed E-state index contributed by atoms with van der Waals surface area (Å²) < 4.78 is 6.90. The van der Waals surface area contributed by atoms with Crippen molar-refractivity contribution < 1.29 is 4.74 Å². The lowest BCUT2D eigenvalue weighted by Gasteiger charge is -2.14. The maximum atomic E-state index is 12.5. The lowest BCUT2D eigenvalue weighted by atomic mass is 10.1. The van der Waals surface area contributed by atoms with E-state index in [0.717, 1.165) is 17.7 Å². The number of thiol groups is 1. The Hall–Kier alpha value is -1.52. The van der Waals surface area contributed by atoms with Crippen LogP contribution < -0.4 is 5.56 Å². The highest BCUT2D eigenvalue weighted by Gasteiger charge is 2.09. The van der Waals surface area contributed by atoms with E-state index in [9.17, 15) is 4.79 Å². The molecule has 4 heteroatoms. The monoisotopic (exact) mass is 303 g/mol. The Balaban J connectivity index is 2.50. The van der Waals surface area contributed by atoms with E-state index in [0.29, 0.717) is 24.5 Å². The topological polar surface area (TPSA) is 31.2 Å². The molecule has 0 aliphatic rings. The predicted octanol–water partition coefficient (Wildman–Crippen LogP) is 3.15. The fraction of sp³-hybridized carbons (Fsp3) is 0.353. The molecule has 0 bridgehead atoms. The number of benzene rings is 1. The van der Waals surface area contributed by atoms with Crippen LogP contribution in [0.5, 0.6) is 0 Å². The smallest absolute Gasteiger partial charge is 0.255 e. The van der Waals surface area contributed by atoms with Crippen LogP contribution in [0, 0.1) is 0 Å². The van der Waals surface area contributed by atoms with Crippen LogP contribution in [-0.4, -0.2) is 18.3 Å². The Labute approximate surface area is 131 Å². The molecule has 1 heterocycles. The van der Waals surface area contributed by atoms with Crippen LogP contribution in [-0.2, 0) is 23.5 Å². The summed E-state index contributed by atoms with van der Waals surface area (Å²) in [7, 11) is 1.64.